The molecular formula is C20H25N3O2S. The van der Waals surface area contributed by atoms with Crippen LogP contribution in [0.25, 0.3) is 0 Å². The quantitative estimate of drug-likeness (QED) is 0.833. The molecule has 5 nitrogen and oxygen atoms in total. The number of methoxy groups -OCH3 is 1. The number of anilines is 1. The highest BCUT2D eigenvalue weighted by atomic mass is 32.1. The maximum Gasteiger partial charge on any atom is 0.319 e. The summed E-state index contributed by atoms with van der Waals surface area (Å²) in [5.74, 6) is 0.739. The second-order valence-electron chi connectivity index (χ2n) is 7.14. The van der Waals surface area contributed by atoms with E-state index < -0.39 is 0 Å². The summed E-state index contributed by atoms with van der Waals surface area (Å²) in [4.78, 5) is 16.5. The molecule has 2 bridgehead atoms. The molecule has 0 radical (unpaired) electrons. The van der Waals surface area contributed by atoms with Crippen molar-refractivity contribution < 1.29 is 9.53 Å². The van der Waals surface area contributed by atoms with Crippen LogP contribution >= 0.6 is 11.3 Å². The van der Waals surface area contributed by atoms with Gasteiger partial charge in [-0.15, -0.1) is 11.3 Å². The smallest absolute Gasteiger partial charge is 0.319 e. The average molecular weight is 372 g/mol. The van der Waals surface area contributed by atoms with Gasteiger partial charge in [0, 0.05) is 41.3 Å². The lowest BCUT2D eigenvalue weighted by molar-refractivity contribution is 0.113. The van der Waals surface area contributed by atoms with Crippen LogP contribution in [0.5, 0.6) is 5.75 Å². The standard InChI is InChI=1S/C20H25N3O2S/c1-25-18-5-2-4-14(12-18)21-20(24)22-15-10-16-7-8-17(11-15)23(16)13-19-6-3-9-26-19/h2-6,9,12,15-17H,7-8,10-11,13H2,1H3,(H2,21,22,24). The SMILES string of the molecule is COc1cccc(NC(=O)NC2CC3CCC(C2)N3Cc2cccs2)c1. The van der Waals surface area contributed by atoms with E-state index in [1.165, 1.54) is 17.7 Å². The molecule has 0 aliphatic carbocycles. The van der Waals surface area contributed by atoms with Gasteiger partial charge in [-0.1, -0.05) is 12.1 Å². The average Bonchev–Trinajstić information content (AvgIpc) is 3.22. The largest absolute Gasteiger partial charge is 0.497 e. The Morgan fingerprint density at radius 1 is 1.23 bits per heavy atom. The summed E-state index contributed by atoms with van der Waals surface area (Å²) in [5.41, 5.74) is 0.750. The van der Waals surface area contributed by atoms with Gasteiger partial charge in [-0.2, -0.15) is 0 Å². The van der Waals surface area contributed by atoms with Crippen LogP contribution in [0.15, 0.2) is 41.8 Å². The van der Waals surface area contributed by atoms with Crippen molar-refractivity contribution in [2.75, 3.05) is 12.4 Å². The third-order valence-electron chi connectivity index (χ3n) is 5.47. The molecule has 3 heterocycles. The monoisotopic (exact) mass is 371 g/mol. The highest BCUT2D eigenvalue weighted by molar-refractivity contribution is 7.09. The summed E-state index contributed by atoms with van der Waals surface area (Å²) in [7, 11) is 1.62. The molecule has 2 N–H and O–H groups in total. The number of nitrogens with zero attached hydrogens (tertiary/aromatic N) is 1. The molecule has 2 atom stereocenters. The summed E-state index contributed by atoms with van der Waals surface area (Å²) in [5, 5.41) is 8.24. The number of hydrogen-bond acceptors (Lipinski definition) is 4. The second-order valence-corrected chi connectivity index (χ2v) is 8.17. The minimum absolute atomic E-state index is 0.130. The van der Waals surface area contributed by atoms with Crippen molar-refractivity contribution in [3.8, 4) is 5.75 Å². The predicted octanol–water partition coefficient (Wildman–Crippen LogP) is 4.07. The Labute approximate surface area is 158 Å². The summed E-state index contributed by atoms with van der Waals surface area (Å²) < 4.78 is 5.20. The number of benzene rings is 1. The van der Waals surface area contributed by atoms with Crippen LogP contribution in [-0.2, 0) is 6.54 Å². The van der Waals surface area contributed by atoms with Crippen LogP contribution < -0.4 is 15.4 Å². The Morgan fingerprint density at radius 3 is 2.73 bits per heavy atom. The molecule has 2 amide bonds. The van der Waals surface area contributed by atoms with Crippen molar-refractivity contribution >= 4 is 23.1 Å². The van der Waals surface area contributed by atoms with Gasteiger partial charge in [-0.05, 0) is 49.3 Å². The normalized spacial score (nSPS) is 25.0. The van der Waals surface area contributed by atoms with E-state index in [0.717, 1.165) is 30.8 Å². The molecule has 2 aliphatic heterocycles. The van der Waals surface area contributed by atoms with Crippen molar-refractivity contribution in [2.45, 2.75) is 50.4 Å². The van der Waals surface area contributed by atoms with Gasteiger partial charge < -0.3 is 15.4 Å². The van der Waals surface area contributed by atoms with E-state index in [1.807, 2.05) is 35.6 Å². The molecule has 138 valence electrons. The Bertz CT molecular complexity index is 735. The summed E-state index contributed by atoms with van der Waals surface area (Å²) in [6.45, 7) is 1.05. The Hall–Kier alpha value is -2.05. The fourth-order valence-electron chi connectivity index (χ4n) is 4.29. The van der Waals surface area contributed by atoms with Crippen LogP contribution in [0.2, 0.25) is 0 Å². The molecule has 2 unspecified atom stereocenters. The molecule has 2 aromatic rings. The van der Waals surface area contributed by atoms with E-state index in [0.29, 0.717) is 12.1 Å². The molecule has 0 spiro atoms. The highest BCUT2D eigenvalue weighted by Crippen LogP contribution is 2.37. The zero-order valence-corrected chi connectivity index (χ0v) is 15.8. The first-order valence-electron chi connectivity index (χ1n) is 9.21. The van der Waals surface area contributed by atoms with E-state index in [2.05, 4.69) is 33.0 Å². The Balaban J connectivity index is 1.32. The first kappa shape index (κ1) is 17.4. The fraction of sp³-hybridized carbons (Fsp3) is 0.450. The Kier molecular flexibility index (Phi) is 5.13. The van der Waals surface area contributed by atoms with Crippen molar-refractivity contribution in [3.63, 3.8) is 0 Å². The number of nitrogens with one attached hydrogen (secondary N) is 2. The van der Waals surface area contributed by atoms with Gasteiger partial charge in [0.25, 0.3) is 0 Å². The number of hydrogen-bond donors (Lipinski definition) is 2. The minimum atomic E-state index is -0.130. The molecule has 2 aliphatic rings. The van der Waals surface area contributed by atoms with E-state index in [1.54, 1.807) is 7.11 Å². The third-order valence-corrected chi connectivity index (χ3v) is 6.33. The number of urea groups is 1. The molecule has 4 rings (SSSR count). The van der Waals surface area contributed by atoms with Gasteiger partial charge in [-0.25, -0.2) is 4.79 Å². The molecule has 2 saturated heterocycles. The Morgan fingerprint density at radius 2 is 2.04 bits per heavy atom. The molecule has 2 fully saturated rings. The molecule has 1 aromatic heterocycles. The van der Waals surface area contributed by atoms with E-state index in [-0.39, 0.29) is 12.1 Å². The van der Waals surface area contributed by atoms with Gasteiger partial charge in [0.2, 0.25) is 0 Å². The highest BCUT2D eigenvalue weighted by Gasteiger charge is 2.41. The van der Waals surface area contributed by atoms with Crippen molar-refractivity contribution in [1.29, 1.82) is 0 Å². The number of carbonyl (C=O) groups is 1. The third kappa shape index (κ3) is 3.86. The second kappa shape index (κ2) is 7.68. The number of amides is 2. The van der Waals surface area contributed by atoms with E-state index in [9.17, 15) is 4.79 Å². The van der Waals surface area contributed by atoms with Gasteiger partial charge in [-0.3, -0.25) is 4.90 Å². The maximum absolute atomic E-state index is 12.4. The molecule has 6 heteroatoms. The number of piperidine rings is 1. The molecule has 0 saturated carbocycles. The topological polar surface area (TPSA) is 53.6 Å². The van der Waals surface area contributed by atoms with Crippen LogP contribution in [0, 0.1) is 0 Å². The van der Waals surface area contributed by atoms with Crippen molar-refractivity contribution in [1.82, 2.24) is 10.2 Å². The zero-order chi connectivity index (χ0) is 17.9. The lowest BCUT2D eigenvalue weighted by atomic mass is 9.97. The first-order chi connectivity index (χ1) is 12.7. The van der Waals surface area contributed by atoms with E-state index in [4.69, 9.17) is 4.74 Å². The first-order valence-corrected chi connectivity index (χ1v) is 10.1. The summed E-state index contributed by atoms with van der Waals surface area (Å²) in [6, 6.07) is 13.1. The zero-order valence-electron chi connectivity index (χ0n) is 15.0. The van der Waals surface area contributed by atoms with Gasteiger partial charge in [0.15, 0.2) is 0 Å². The lowest BCUT2D eigenvalue weighted by Crippen LogP contribution is -2.50. The minimum Gasteiger partial charge on any atom is -0.497 e. The van der Waals surface area contributed by atoms with Crippen LogP contribution in [-0.4, -0.2) is 36.2 Å². The predicted molar refractivity (Wildman–Crippen MR) is 105 cm³/mol. The van der Waals surface area contributed by atoms with Gasteiger partial charge in [0.1, 0.15) is 5.75 Å². The number of rotatable bonds is 5. The molecule has 1 aromatic carbocycles. The number of thiophene rings is 1. The van der Waals surface area contributed by atoms with Crippen LogP contribution in [0.3, 0.4) is 0 Å². The van der Waals surface area contributed by atoms with Gasteiger partial charge >= 0.3 is 6.03 Å². The molecular weight excluding hydrogens is 346 g/mol. The number of carbonyl (C=O) groups excluding carboxylic acids is 1. The summed E-state index contributed by atoms with van der Waals surface area (Å²) in [6.07, 6.45) is 4.55. The van der Waals surface area contributed by atoms with Crippen molar-refractivity contribution in [2.24, 2.45) is 0 Å². The number of ether oxygens (including phenoxy) is 1. The van der Waals surface area contributed by atoms with Crippen LogP contribution in [0.4, 0.5) is 10.5 Å². The van der Waals surface area contributed by atoms with E-state index >= 15 is 0 Å². The van der Waals surface area contributed by atoms with Crippen LogP contribution in [0.1, 0.15) is 30.6 Å². The maximum atomic E-state index is 12.4. The fourth-order valence-corrected chi connectivity index (χ4v) is 5.00. The number of fused-ring (bicyclic) bond motifs is 2. The van der Waals surface area contributed by atoms with Crippen molar-refractivity contribution in [3.05, 3.63) is 46.7 Å². The summed E-state index contributed by atoms with van der Waals surface area (Å²) >= 11 is 1.83. The lowest BCUT2D eigenvalue weighted by Gasteiger charge is -2.39. The van der Waals surface area contributed by atoms with Gasteiger partial charge in [0.05, 0.1) is 7.11 Å². The molecule has 26 heavy (non-hydrogen) atoms.